The summed E-state index contributed by atoms with van der Waals surface area (Å²) < 4.78 is 24.1. The molecule has 0 saturated carbocycles. The number of amides is 3. The number of anilines is 1. The number of morpholine rings is 1. The molecular formula is C29H33FN4O4. The van der Waals surface area contributed by atoms with Gasteiger partial charge in [0.25, 0.3) is 0 Å². The van der Waals surface area contributed by atoms with Gasteiger partial charge in [-0.05, 0) is 67.1 Å². The van der Waals surface area contributed by atoms with Crippen LogP contribution in [-0.4, -0.2) is 62.3 Å². The van der Waals surface area contributed by atoms with E-state index in [-0.39, 0.29) is 11.7 Å². The molecular weight excluding hydrogens is 487 g/mol. The summed E-state index contributed by atoms with van der Waals surface area (Å²) >= 11 is 0. The lowest BCUT2D eigenvalue weighted by molar-refractivity contribution is -0.122. The van der Waals surface area contributed by atoms with Gasteiger partial charge in [0.15, 0.2) is 0 Å². The van der Waals surface area contributed by atoms with Crippen LogP contribution in [0.3, 0.4) is 0 Å². The summed E-state index contributed by atoms with van der Waals surface area (Å²) in [5.74, 6) is 0.481. The number of rotatable bonds is 11. The van der Waals surface area contributed by atoms with Gasteiger partial charge in [0.2, 0.25) is 5.91 Å². The fourth-order valence-electron chi connectivity index (χ4n) is 4.09. The fourth-order valence-corrected chi connectivity index (χ4v) is 4.09. The molecule has 1 saturated heterocycles. The third kappa shape index (κ3) is 8.86. The molecule has 0 radical (unpaired) electrons. The van der Waals surface area contributed by atoms with Crippen molar-refractivity contribution in [1.82, 2.24) is 15.5 Å². The largest absolute Gasteiger partial charge is 0.457 e. The molecule has 1 aliphatic heterocycles. The van der Waals surface area contributed by atoms with Crippen molar-refractivity contribution in [2.24, 2.45) is 0 Å². The smallest absolute Gasteiger partial charge is 0.319 e. The highest BCUT2D eigenvalue weighted by molar-refractivity contribution is 5.93. The monoisotopic (exact) mass is 520 g/mol. The SMILES string of the molecule is O=C(Nc1ccc(Oc2ccc(F)cc2)cc1)N[C@@H](Cc1ccccc1)C(=O)NCCCN1CCOCC1. The Balaban J connectivity index is 1.29. The van der Waals surface area contributed by atoms with Crippen molar-refractivity contribution >= 4 is 17.6 Å². The van der Waals surface area contributed by atoms with Crippen LogP contribution in [0.15, 0.2) is 78.9 Å². The number of urea groups is 1. The Hall–Kier alpha value is -3.95. The lowest BCUT2D eigenvalue weighted by Gasteiger charge is -2.26. The van der Waals surface area contributed by atoms with Crippen LogP contribution in [0.2, 0.25) is 0 Å². The Morgan fingerprint density at radius 2 is 1.58 bits per heavy atom. The van der Waals surface area contributed by atoms with E-state index in [0.717, 1.165) is 44.8 Å². The van der Waals surface area contributed by atoms with Crippen LogP contribution in [0, 0.1) is 5.82 Å². The third-order valence-corrected chi connectivity index (χ3v) is 6.12. The molecule has 9 heteroatoms. The van der Waals surface area contributed by atoms with Crippen molar-refractivity contribution in [2.75, 3.05) is 44.7 Å². The van der Waals surface area contributed by atoms with Crippen LogP contribution >= 0.6 is 0 Å². The standard InChI is InChI=1S/C29H33FN4O4/c30-23-7-11-25(12-8-23)38-26-13-9-24(10-14-26)32-29(36)33-27(21-22-5-2-1-3-6-22)28(35)31-15-4-16-34-17-19-37-20-18-34/h1-3,5-14,27H,4,15-21H2,(H,31,35)(H2,32,33,36)/t27-/m0/s1. The van der Waals surface area contributed by atoms with Gasteiger partial charge in [-0.25, -0.2) is 9.18 Å². The van der Waals surface area contributed by atoms with Gasteiger partial charge < -0.3 is 25.4 Å². The zero-order valence-corrected chi connectivity index (χ0v) is 21.2. The molecule has 38 heavy (non-hydrogen) atoms. The number of benzene rings is 3. The molecule has 1 fully saturated rings. The Morgan fingerprint density at radius 3 is 2.26 bits per heavy atom. The number of carbonyl (C=O) groups excluding carboxylic acids is 2. The second kappa shape index (κ2) is 14.1. The van der Waals surface area contributed by atoms with Crippen molar-refractivity contribution in [3.63, 3.8) is 0 Å². The van der Waals surface area contributed by atoms with Crippen LogP contribution in [-0.2, 0) is 16.0 Å². The molecule has 1 aliphatic rings. The highest BCUT2D eigenvalue weighted by atomic mass is 19.1. The Kier molecular flexibility index (Phi) is 10.1. The fraction of sp³-hybridized carbons (Fsp3) is 0.310. The first kappa shape index (κ1) is 27.1. The van der Waals surface area contributed by atoms with E-state index in [2.05, 4.69) is 20.9 Å². The van der Waals surface area contributed by atoms with E-state index in [9.17, 15) is 14.0 Å². The van der Waals surface area contributed by atoms with E-state index >= 15 is 0 Å². The van der Waals surface area contributed by atoms with Crippen molar-refractivity contribution in [1.29, 1.82) is 0 Å². The Morgan fingerprint density at radius 1 is 0.921 bits per heavy atom. The first-order valence-corrected chi connectivity index (χ1v) is 12.8. The molecule has 0 aliphatic carbocycles. The highest BCUT2D eigenvalue weighted by Crippen LogP contribution is 2.23. The maximum atomic E-state index is 13.1. The van der Waals surface area contributed by atoms with Gasteiger partial charge in [-0.2, -0.15) is 0 Å². The van der Waals surface area contributed by atoms with Gasteiger partial charge in [-0.3, -0.25) is 9.69 Å². The normalized spacial score (nSPS) is 14.3. The summed E-state index contributed by atoms with van der Waals surface area (Å²) in [4.78, 5) is 28.1. The maximum absolute atomic E-state index is 13.1. The lowest BCUT2D eigenvalue weighted by Crippen LogP contribution is -2.49. The molecule has 3 N–H and O–H groups in total. The molecule has 3 amide bonds. The minimum absolute atomic E-state index is 0.228. The van der Waals surface area contributed by atoms with Crippen LogP contribution < -0.4 is 20.7 Å². The molecule has 0 aromatic heterocycles. The third-order valence-electron chi connectivity index (χ3n) is 6.12. The maximum Gasteiger partial charge on any atom is 0.319 e. The number of halogens is 1. The Bertz CT molecular complexity index is 1150. The van der Waals surface area contributed by atoms with Gasteiger partial charge in [0.05, 0.1) is 13.2 Å². The van der Waals surface area contributed by atoms with Crippen molar-refractivity contribution in [2.45, 2.75) is 18.9 Å². The van der Waals surface area contributed by atoms with E-state index < -0.39 is 12.1 Å². The zero-order valence-electron chi connectivity index (χ0n) is 21.2. The molecule has 1 atom stereocenters. The second-order valence-corrected chi connectivity index (χ2v) is 9.02. The van der Waals surface area contributed by atoms with Gasteiger partial charge in [0, 0.05) is 31.7 Å². The van der Waals surface area contributed by atoms with Crippen LogP contribution in [0.4, 0.5) is 14.9 Å². The number of ether oxygens (including phenoxy) is 2. The average molecular weight is 521 g/mol. The van der Waals surface area contributed by atoms with Gasteiger partial charge in [-0.15, -0.1) is 0 Å². The molecule has 4 rings (SSSR count). The quantitative estimate of drug-likeness (QED) is 0.330. The summed E-state index contributed by atoms with van der Waals surface area (Å²) in [6.45, 7) is 4.72. The second-order valence-electron chi connectivity index (χ2n) is 9.02. The molecule has 0 spiro atoms. The number of hydrogen-bond acceptors (Lipinski definition) is 5. The van der Waals surface area contributed by atoms with Crippen LogP contribution in [0.5, 0.6) is 11.5 Å². The number of nitrogens with one attached hydrogen (secondary N) is 3. The predicted molar refractivity (Wildman–Crippen MR) is 144 cm³/mol. The van der Waals surface area contributed by atoms with Gasteiger partial charge in [0.1, 0.15) is 23.4 Å². The van der Waals surface area contributed by atoms with Crippen LogP contribution in [0.1, 0.15) is 12.0 Å². The molecule has 0 unspecified atom stereocenters. The highest BCUT2D eigenvalue weighted by Gasteiger charge is 2.21. The predicted octanol–water partition coefficient (Wildman–Crippen LogP) is 4.19. The summed E-state index contributed by atoms with van der Waals surface area (Å²) in [6.07, 6.45) is 1.19. The molecule has 200 valence electrons. The Labute approximate surface area is 222 Å². The van der Waals surface area contributed by atoms with E-state index in [0.29, 0.717) is 30.2 Å². The first-order valence-electron chi connectivity index (χ1n) is 12.8. The summed E-state index contributed by atoms with van der Waals surface area (Å²) in [5.41, 5.74) is 1.49. The number of carbonyl (C=O) groups is 2. The van der Waals surface area contributed by atoms with Gasteiger partial charge >= 0.3 is 6.03 Å². The van der Waals surface area contributed by atoms with Crippen LogP contribution in [0.25, 0.3) is 0 Å². The minimum atomic E-state index is -0.734. The molecule has 0 bridgehead atoms. The lowest BCUT2D eigenvalue weighted by atomic mass is 10.1. The van der Waals surface area contributed by atoms with Crippen molar-refractivity contribution in [3.05, 3.63) is 90.2 Å². The summed E-state index contributed by atoms with van der Waals surface area (Å²) in [5, 5.41) is 8.54. The van der Waals surface area contributed by atoms with Crippen molar-refractivity contribution in [3.8, 4) is 11.5 Å². The molecule has 3 aromatic rings. The summed E-state index contributed by atoms with van der Waals surface area (Å²) in [7, 11) is 0. The average Bonchev–Trinajstić information content (AvgIpc) is 2.94. The molecule has 3 aromatic carbocycles. The molecule has 8 nitrogen and oxygen atoms in total. The number of nitrogens with zero attached hydrogens (tertiary/aromatic N) is 1. The summed E-state index contributed by atoms with van der Waals surface area (Å²) in [6, 6.07) is 20.8. The topological polar surface area (TPSA) is 91.9 Å². The van der Waals surface area contributed by atoms with E-state index in [1.54, 1.807) is 24.3 Å². The van der Waals surface area contributed by atoms with E-state index in [1.807, 2.05) is 30.3 Å². The number of hydrogen-bond donors (Lipinski definition) is 3. The minimum Gasteiger partial charge on any atom is -0.457 e. The van der Waals surface area contributed by atoms with E-state index in [4.69, 9.17) is 9.47 Å². The van der Waals surface area contributed by atoms with Crippen molar-refractivity contribution < 1.29 is 23.5 Å². The van der Waals surface area contributed by atoms with E-state index in [1.165, 1.54) is 24.3 Å². The zero-order chi connectivity index (χ0) is 26.6. The first-order chi connectivity index (χ1) is 18.5. The molecule has 1 heterocycles. The van der Waals surface area contributed by atoms with Gasteiger partial charge in [-0.1, -0.05) is 30.3 Å².